The number of carbonyl (C=O) groups excluding carboxylic acids is 1. The zero-order valence-electron chi connectivity index (χ0n) is 24.5. The Morgan fingerprint density at radius 3 is 1.96 bits per heavy atom. The summed E-state index contributed by atoms with van der Waals surface area (Å²) in [5, 5.41) is 32.0. The van der Waals surface area contributed by atoms with Gasteiger partial charge < -0.3 is 31.9 Å². The van der Waals surface area contributed by atoms with Crippen LogP contribution in [-0.4, -0.2) is 68.4 Å². The van der Waals surface area contributed by atoms with Crippen molar-refractivity contribution in [1.82, 2.24) is 20.6 Å². The molecule has 1 aromatic heterocycles. The molecule has 2 aromatic carbocycles. The highest BCUT2D eigenvalue weighted by molar-refractivity contribution is 5.96. The number of aromatic nitrogens is 2. The first-order valence-corrected chi connectivity index (χ1v) is 13.6. The lowest BCUT2D eigenvalue weighted by Gasteiger charge is -2.33. The molecule has 12 nitrogen and oxygen atoms in total. The first-order chi connectivity index (χ1) is 21.8. The average Bonchev–Trinajstić information content (AvgIpc) is 2.97. The number of carboxylic acid groups (broad SMARTS) is 2. The molecule has 0 bridgehead atoms. The van der Waals surface area contributed by atoms with Crippen LogP contribution in [0.1, 0.15) is 47.4 Å². The Bertz CT molecular complexity index is 1540. The Morgan fingerprint density at radius 1 is 0.915 bits per heavy atom. The van der Waals surface area contributed by atoms with Crippen LogP contribution >= 0.6 is 0 Å². The number of aryl methyl sites for hydroxylation is 1. The predicted octanol–water partition coefficient (Wildman–Crippen LogP) is 4.48. The molecule has 1 heterocycles. The number of alkyl halides is 6. The van der Waals surface area contributed by atoms with Gasteiger partial charge in [-0.3, -0.25) is 10.2 Å². The van der Waals surface area contributed by atoms with Crippen molar-refractivity contribution in [2.75, 3.05) is 5.32 Å². The molecule has 2 atom stereocenters. The molecule has 8 N–H and O–H groups in total. The average molecular weight is 678 g/mol. The quantitative estimate of drug-likeness (QED) is 0.111. The van der Waals surface area contributed by atoms with Gasteiger partial charge in [0.25, 0.3) is 5.91 Å². The van der Waals surface area contributed by atoms with Crippen LogP contribution in [0.4, 0.5) is 36.6 Å². The highest BCUT2D eigenvalue weighted by Crippen LogP contribution is 2.27. The van der Waals surface area contributed by atoms with Crippen LogP contribution < -0.4 is 21.7 Å². The maximum Gasteiger partial charge on any atom is 0.490 e. The highest BCUT2D eigenvalue weighted by Gasteiger charge is 2.39. The number of aliphatic carboxylic acids is 2. The third kappa shape index (κ3) is 12.6. The maximum atomic E-state index is 13.1. The minimum atomic E-state index is -5.08. The lowest BCUT2D eigenvalue weighted by molar-refractivity contribution is -0.193. The molecule has 4 rings (SSSR count). The van der Waals surface area contributed by atoms with Crippen LogP contribution in [0.5, 0.6) is 0 Å². The molecular formula is C28H30F7N7O5. The summed E-state index contributed by atoms with van der Waals surface area (Å²) >= 11 is 0. The predicted molar refractivity (Wildman–Crippen MR) is 154 cm³/mol. The first-order valence-electron chi connectivity index (χ1n) is 13.6. The Labute approximate surface area is 262 Å². The molecule has 1 fully saturated rings. The third-order valence-electron chi connectivity index (χ3n) is 6.33. The van der Waals surface area contributed by atoms with E-state index < -0.39 is 30.2 Å². The molecule has 0 saturated heterocycles. The molecule has 3 aromatic rings. The maximum absolute atomic E-state index is 13.1. The van der Waals surface area contributed by atoms with Crippen molar-refractivity contribution in [3.05, 3.63) is 65.2 Å². The molecule has 0 radical (unpaired) electrons. The molecule has 0 spiro atoms. The van der Waals surface area contributed by atoms with Gasteiger partial charge in [0, 0.05) is 24.0 Å². The number of halogens is 7. The summed E-state index contributed by atoms with van der Waals surface area (Å²) < 4.78 is 76.6. The lowest BCUT2D eigenvalue weighted by atomic mass is 9.90. The Hall–Kier alpha value is -5.23. The fourth-order valence-electron chi connectivity index (χ4n) is 4.17. The Balaban J connectivity index is 0.000000459. The van der Waals surface area contributed by atoms with Gasteiger partial charge in [-0.1, -0.05) is 36.6 Å². The Morgan fingerprint density at radius 2 is 1.45 bits per heavy atom. The van der Waals surface area contributed by atoms with Gasteiger partial charge in [-0.15, -0.1) is 0 Å². The largest absolute Gasteiger partial charge is 0.490 e. The number of hydrogen-bond acceptors (Lipinski definition) is 7. The zero-order valence-corrected chi connectivity index (χ0v) is 24.5. The van der Waals surface area contributed by atoms with Crippen molar-refractivity contribution in [2.24, 2.45) is 5.73 Å². The van der Waals surface area contributed by atoms with E-state index in [2.05, 4.69) is 25.9 Å². The van der Waals surface area contributed by atoms with Gasteiger partial charge >= 0.3 is 24.3 Å². The molecule has 47 heavy (non-hydrogen) atoms. The molecule has 19 heteroatoms. The summed E-state index contributed by atoms with van der Waals surface area (Å²) in [7, 11) is 0. The normalized spacial score (nSPS) is 16.0. The zero-order chi connectivity index (χ0) is 35.5. The summed E-state index contributed by atoms with van der Waals surface area (Å²) in [5.41, 5.74) is 8.09. The van der Waals surface area contributed by atoms with Gasteiger partial charge in [0.15, 0.2) is 5.96 Å². The van der Waals surface area contributed by atoms with Gasteiger partial charge in [-0.25, -0.2) is 23.9 Å². The lowest BCUT2D eigenvalue weighted by Crippen LogP contribution is -2.50. The molecule has 1 amide bonds. The number of nitrogens with zero attached hydrogens (tertiary/aromatic N) is 2. The van der Waals surface area contributed by atoms with Gasteiger partial charge in [-0.05, 0) is 49.6 Å². The van der Waals surface area contributed by atoms with E-state index in [0.717, 1.165) is 42.2 Å². The standard InChI is InChI=1S/C24H28FN7O.2C2HF3O2/c1-14-6-11-18-17(12-14)21(30-19-4-2-3-5-20(19)31-24(26)27)32-22(29-18)23(33)28-13-15-7-9-16(25)10-8-15;2*3-2(4,5)1(6)7/h6-12,19-20H,2-5,13H2,1H3,(H,28,33)(H4,26,27,31)(H,29,30,32);2*(H,6,7). The van der Waals surface area contributed by atoms with Gasteiger partial charge in [0.2, 0.25) is 5.82 Å². The number of anilines is 1. The van der Waals surface area contributed by atoms with Crippen molar-refractivity contribution < 1.29 is 55.3 Å². The van der Waals surface area contributed by atoms with Gasteiger partial charge in [0.05, 0.1) is 5.52 Å². The van der Waals surface area contributed by atoms with Gasteiger partial charge in [0.1, 0.15) is 11.6 Å². The van der Waals surface area contributed by atoms with Crippen molar-refractivity contribution in [3.63, 3.8) is 0 Å². The number of hydrogen-bond donors (Lipinski definition) is 7. The van der Waals surface area contributed by atoms with Crippen LogP contribution in [0, 0.1) is 18.2 Å². The molecule has 1 saturated carbocycles. The van der Waals surface area contributed by atoms with E-state index >= 15 is 0 Å². The van der Waals surface area contributed by atoms with Crippen molar-refractivity contribution in [1.29, 1.82) is 5.41 Å². The minimum absolute atomic E-state index is 0.00169. The molecule has 2 unspecified atom stereocenters. The number of rotatable bonds is 6. The number of fused-ring (bicyclic) bond motifs is 1. The third-order valence-corrected chi connectivity index (χ3v) is 6.33. The molecule has 1 aliphatic carbocycles. The summed E-state index contributed by atoms with van der Waals surface area (Å²) in [4.78, 5) is 39.7. The second-order valence-corrected chi connectivity index (χ2v) is 10.0. The van der Waals surface area contributed by atoms with Gasteiger partial charge in [-0.2, -0.15) is 26.3 Å². The van der Waals surface area contributed by atoms with E-state index in [1.54, 1.807) is 12.1 Å². The first kappa shape index (κ1) is 38.0. The molecule has 256 valence electrons. The number of nitrogens with two attached hydrogens (primary N) is 1. The summed E-state index contributed by atoms with van der Waals surface area (Å²) in [5.74, 6) is -5.67. The number of carbonyl (C=O) groups is 3. The number of nitrogens with one attached hydrogen (secondary N) is 4. The number of guanidine groups is 1. The van der Waals surface area contributed by atoms with Crippen LogP contribution in [0.25, 0.3) is 10.9 Å². The van der Waals surface area contributed by atoms with E-state index in [0.29, 0.717) is 11.3 Å². The topological polar surface area (TPSA) is 203 Å². The SMILES string of the molecule is Cc1ccc2nc(C(=O)NCc3ccc(F)cc3)nc(NC3CCCCC3NC(=N)N)c2c1.O=C(O)C(F)(F)F.O=C(O)C(F)(F)F. The van der Waals surface area contributed by atoms with Crippen LogP contribution in [-0.2, 0) is 16.1 Å². The highest BCUT2D eigenvalue weighted by atomic mass is 19.4. The molecule has 0 aliphatic heterocycles. The monoisotopic (exact) mass is 677 g/mol. The van der Waals surface area contributed by atoms with Crippen LogP contribution in [0.15, 0.2) is 42.5 Å². The second-order valence-electron chi connectivity index (χ2n) is 10.0. The second kappa shape index (κ2) is 16.4. The van der Waals surface area contributed by atoms with E-state index in [1.165, 1.54) is 12.1 Å². The van der Waals surface area contributed by atoms with E-state index in [-0.39, 0.29) is 36.2 Å². The van der Waals surface area contributed by atoms with Crippen molar-refractivity contribution in [2.45, 2.75) is 63.6 Å². The summed E-state index contributed by atoms with van der Waals surface area (Å²) in [6.45, 7) is 2.23. The molecule has 1 aliphatic rings. The summed E-state index contributed by atoms with van der Waals surface area (Å²) in [6.07, 6.45) is -6.26. The van der Waals surface area contributed by atoms with Crippen molar-refractivity contribution in [3.8, 4) is 0 Å². The number of benzene rings is 2. The van der Waals surface area contributed by atoms with E-state index in [4.69, 9.17) is 30.9 Å². The van der Waals surface area contributed by atoms with Crippen LogP contribution in [0.2, 0.25) is 0 Å². The minimum Gasteiger partial charge on any atom is -0.475 e. The van der Waals surface area contributed by atoms with Crippen LogP contribution in [0.3, 0.4) is 0 Å². The smallest absolute Gasteiger partial charge is 0.475 e. The van der Waals surface area contributed by atoms with Crippen molar-refractivity contribution >= 4 is 40.5 Å². The fraction of sp³-hybridized carbons (Fsp3) is 0.357. The van der Waals surface area contributed by atoms with E-state index in [1.807, 2.05) is 25.1 Å². The Kier molecular flexibility index (Phi) is 13.2. The number of carboxylic acids is 2. The molecular weight excluding hydrogens is 647 g/mol. The number of amides is 1. The fourth-order valence-corrected chi connectivity index (χ4v) is 4.17. The summed E-state index contributed by atoms with van der Waals surface area (Å²) in [6, 6.07) is 11.8. The van der Waals surface area contributed by atoms with E-state index in [9.17, 15) is 35.5 Å².